The fraction of sp³-hybridized carbons (Fsp3) is 0.500. The maximum Gasteiger partial charge on any atom is 0.239 e. The Labute approximate surface area is 163 Å². The summed E-state index contributed by atoms with van der Waals surface area (Å²) in [5.41, 5.74) is 2.07. The second kappa shape index (κ2) is 10.1. The zero-order valence-corrected chi connectivity index (χ0v) is 17.0. The molecule has 146 valence electrons. The lowest BCUT2D eigenvalue weighted by Crippen LogP contribution is -2.39. The van der Waals surface area contributed by atoms with Crippen molar-refractivity contribution in [3.63, 3.8) is 0 Å². The Morgan fingerprint density at radius 2 is 1.96 bits per heavy atom. The van der Waals surface area contributed by atoms with E-state index >= 15 is 0 Å². The molecule has 0 bridgehead atoms. The van der Waals surface area contributed by atoms with Gasteiger partial charge in [0.15, 0.2) is 0 Å². The van der Waals surface area contributed by atoms with Crippen LogP contribution in [0.3, 0.4) is 0 Å². The third-order valence-electron chi connectivity index (χ3n) is 3.95. The van der Waals surface area contributed by atoms with Crippen LogP contribution in [-0.2, 0) is 9.59 Å². The zero-order chi connectivity index (χ0) is 19.8. The van der Waals surface area contributed by atoms with E-state index in [1.807, 2.05) is 31.2 Å². The molecule has 2 aromatic rings. The highest BCUT2D eigenvalue weighted by Crippen LogP contribution is 2.21. The lowest BCUT2D eigenvalue weighted by atomic mass is 10.0. The molecule has 1 N–H and O–H groups in total. The van der Waals surface area contributed by atoms with Gasteiger partial charge in [-0.2, -0.15) is 4.68 Å². The van der Waals surface area contributed by atoms with Crippen molar-refractivity contribution in [2.45, 2.75) is 38.3 Å². The van der Waals surface area contributed by atoms with Gasteiger partial charge in [-0.3, -0.25) is 9.59 Å². The Bertz CT molecular complexity index is 759. The van der Waals surface area contributed by atoms with Crippen LogP contribution in [0, 0.1) is 0 Å². The predicted octanol–water partition coefficient (Wildman–Crippen LogP) is 1.86. The van der Waals surface area contributed by atoms with Gasteiger partial charge in [0.2, 0.25) is 17.0 Å². The minimum absolute atomic E-state index is 0.0427. The zero-order valence-electron chi connectivity index (χ0n) is 16.2. The molecule has 0 aliphatic rings. The standard InChI is InChI=1S/C18H26N6O2S/c1-5-10-19-16(25)11-23(4)17(26)12-27-18-20-21-22-24(18)15-8-6-14(7-9-15)13(2)3/h6-9,13H,5,10-12H2,1-4H3,(H,19,25). The number of amides is 2. The molecule has 8 nitrogen and oxygen atoms in total. The first-order chi connectivity index (χ1) is 12.9. The number of likely N-dealkylation sites (N-methyl/N-ethyl adjacent to an activating group) is 1. The van der Waals surface area contributed by atoms with E-state index in [1.54, 1.807) is 11.7 Å². The quantitative estimate of drug-likeness (QED) is 0.657. The number of tetrazole rings is 1. The first kappa shape index (κ1) is 20.9. The van der Waals surface area contributed by atoms with Crippen LogP contribution >= 0.6 is 11.8 Å². The van der Waals surface area contributed by atoms with Crippen LogP contribution in [0.4, 0.5) is 0 Å². The Kier molecular flexibility index (Phi) is 7.78. The monoisotopic (exact) mass is 390 g/mol. The molecule has 0 radical (unpaired) electrons. The van der Waals surface area contributed by atoms with Crippen molar-refractivity contribution in [1.82, 2.24) is 30.4 Å². The molecule has 1 aromatic carbocycles. The Morgan fingerprint density at radius 3 is 2.59 bits per heavy atom. The van der Waals surface area contributed by atoms with E-state index in [4.69, 9.17) is 0 Å². The van der Waals surface area contributed by atoms with Crippen molar-refractivity contribution in [2.24, 2.45) is 0 Å². The van der Waals surface area contributed by atoms with Gasteiger partial charge in [0, 0.05) is 13.6 Å². The molecule has 27 heavy (non-hydrogen) atoms. The Balaban J connectivity index is 1.94. The Morgan fingerprint density at radius 1 is 1.26 bits per heavy atom. The first-order valence-electron chi connectivity index (χ1n) is 8.94. The molecule has 2 amide bonds. The molecular weight excluding hydrogens is 364 g/mol. The van der Waals surface area contributed by atoms with Crippen molar-refractivity contribution < 1.29 is 9.59 Å². The summed E-state index contributed by atoms with van der Waals surface area (Å²) in [6.45, 7) is 6.91. The highest BCUT2D eigenvalue weighted by Gasteiger charge is 2.16. The number of aromatic nitrogens is 4. The molecule has 0 unspecified atom stereocenters. The smallest absolute Gasteiger partial charge is 0.239 e. The maximum atomic E-state index is 12.3. The van der Waals surface area contributed by atoms with Crippen LogP contribution in [0.25, 0.3) is 5.69 Å². The molecule has 0 saturated heterocycles. The average Bonchev–Trinajstić information content (AvgIpc) is 3.12. The van der Waals surface area contributed by atoms with E-state index in [1.165, 1.54) is 22.2 Å². The lowest BCUT2D eigenvalue weighted by Gasteiger charge is -2.16. The normalized spacial score (nSPS) is 10.9. The van der Waals surface area contributed by atoms with Crippen LogP contribution in [-0.4, -0.2) is 62.8 Å². The minimum atomic E-state index is -0.159. The summed E-state index contributed by atoms with van der Waals surface area (Å²) in [5, 5.41) is 15.0. The van der Waals surface area contributed by atoms with Crippen molar-refractivity contribution >= 4 is 23.6 Å². The number of nitrogens with one attached hydrogen (secondary N) is 1. The van der Waals surface area contributed by atoms with E-state index in [9.17, 15) is 9.59 Å². The molecule has 1 heterocycles. The molecule has 2 rings (SSSR count). The first-order valence-corrected chi connectivity index (χ1v) is 9.93. The van der Waals surface area contributed by atoms with Crippen molar-refractivity contribution in [1.29, 1.82) is 0 Å². The number of thioether (sulfide) groups is 1. The van der Waals surface area contributed by atoms with Gasteiger partial charge in [-0.1, -0.05) is 44.7 Å². The summed E-state index contributed by atoms with van der Waals surface area (Å²) in [4.78, 5) is 25.4. The van der Waals surface area contributed by atoms with Crippen LogP contribution in [0.15, 0.2) is 29.4 Å². The van der Waals surface area contributed by atoms with Gasteiger partial charge >= 0.3 is 0 Å². The third-order valence-corrected chi connectivity index (χ3v) is 4.85. The van der Waals surface area contributed by atoms with Gasteiger partial charge in [0.25, 0.3) is 0 Å². The van der Waals surface area contributed by atoms with Crippen LogP contribution in [0.5, 0.6) is 0 Å². The van der Waals surface area contributed by atoms with Gasteiger partial charge in [-0.25, -0.2) is 0 Å². The van der Waals surface area contributed by atoms with Gasteiger partial charge in [-0.05, 0) is 40.5 Å². The molecule has 0 spiro atoms. The van der Waals surface area contributed by atoms with E-state index < -0.39 is 0 Å². The van der Waals surface area contributed by atoms with Crippen LogP contribution in [0.1, 0.15) is 38.7 Å². The fourth-order valence-corrected chi connectivity index (χ4v) is 3.12. The van der Waals surface area contributed by atoms with Crippen molar-refractivity contribution in [3.05, 3.63) is 29.8 Å². The number of hydrogen-bond donors (Lipinski definition) is 1. The number of hydrogen-bond acceptors (Lipinski definition) is 6. The van der Waals surface area contributed by atoms with Crippen LogP contribution in [0.2, 0.25) is 0 Å². The number of nitrogens with zero attached hydrogens (tertiary/aromatic N) is 5. The van der Waals surface area contributed by atoms with E-state index in [-0.39, 0.29) is 24.1 Å². The molecule has 0 saturated carbocycles. The second-order valence-electron chi connectivity index (χ2n) is 6.51. The van der Waals surface area contributed by atoms with Gasteiger partial charge < -0.3 is 10.2 Å². The van der Waals surface area contributed by atoms with Gasteiger partial charge in [-0.15, -0.1) is 5.10 Å². The molecule has 0 atom stereocenters. The largest absolute Gasteiger partial charge is 0.355 e. The molecule has 0 aliphatic heterocycles. The van der Waals surface area contributed by atoms with E-state index in [0.717, 1.165) is 12.1 Å². The molecular formula is C18H26N6O2S. The maximum absolute atomic E-state index is 12.3. The second-order valence-corrected chi connectivity index (χ2v) is 7.45. The number of carbonyl (C=O) groups is 2. The summed E-state index contributed by atoms with van der Waals surface area (Å²) >= 11 is 1.24. The highest BCUT2D eigenvalue weighted by atomic mass is 32.2. The van der Waals surface area contributed by atoms with Gasteiger partial charge in [0.1, 0.15) is 0 Å². The lowest BCUT2D eigenvalue weighted by molar-refractivity contribution is -0.132. The fourth-order valence-electron chi connectivity index (χ4n) is 2.29. The predicted molar refractivity (Wildman–Crippen MR) is 105 cm³/mol. The van der Waals surface area contributed by atoms with Crippen molar-refractivity contribution in [3.8, 4) is 5.69 Å². The SMILES string of the molecule is CCCNC(=O)CN(C)C(=O)CSc1nnnn1-c1ccc(C(C)C)cc1. The topological polar surface area (TPSA) is 93.0 Å². The molecule has 0 aliphatic carbocycles. The summed E-state index contributed by atoms with van der Waals surface area (Å²) in [5.74, 6) is 0.288. The van der Waals surface area contributed by atoms with E-state index in [0.29, 0.717) is 17.6 Å². The molecule has 0 fully saturated rings. The number of benzene rings is 1. The average molecular weight is 391 g/mol. The highest BCUT2D eigenvalue weighted by molar-refractivity contribution is 7.99. The Hall–Kier alpha value is -2.42. The summed E-state index contributed by atoms with van der Waals surface area (Å²) in [7, 11) is 1.61. The van der Waals surface area contributed by atoms with Crippen molar-refractivity contribution in [2.75, 3.05) is 25.9 Å². The summed E-state index contributed by atoms with van der Waals surface area (Å²) in [6.07, 6.45) is 0.861. The molecule has 9 heteroatoms. The summed E-state index contributed by atoms with van der Waals surface area (Å²) < 4.78 is 1.61. The minimum Gasteiger partial charge on any atom is -0.355 e. The van der Waals surface area contributed by atoms with Gasteiger partial charge in [0.05, 0.1) is 18.0 Å². The number of rotatable bonds is 9. The third kappa shape index (κ3) is 6.06. The van der Waals surface area contributed by atoms with Crippen LogP contribution < -0.4 is 5.32 Å². The molecule has 1 aromatic heterocycles. The van der Waals surface area contributed by atoms with E-state index in [2.05, 4.69) is 34.7 Å². The summed E-state index contributed by atoms with van der Waals surface area (Å²) in [6, 6.07) is 8.01. The number of carbonyl (C=O) groups excluding carboxylic acids is 2.